The number of carbonyl (C=O) groups excluding carboxylic acids is 1. The highest BCUT2D eigenvalue weighted by Gasteiger charge is 2.41. The van der Waals surface area contributed by atoms with Crippen molar-refractivity contribution >= 4 is 11.7 Å². The summed E-state index contributed by atoms with van der Waals surface area (Å²) in [6.07, 6.45) is 3.33. The first-order chi connectivity index (χ1) is 9.44. The van der Waals surface area contributed by atoms with Crippen LogP contribution in [0.15, 0.2) is 5.16 Å². The average Bonchev–Trinajstić information content (AvgIpc) is 2.78. The molecule has 6 nitrogen and oxygen atoms in total. The minimum Gasteiger partial charge on any atom is -0.409 e. The lowest BCUT2D eigenvalue weighted by atomic mass is 9.81. The summed E-state index contributed by atoms with van der Waals surface area (Å²) in [7, 11) is 0. The summed E-state index contributed by atoms with van der Waals surface area (Å²) in [5.74, 6) is 0.718. The van der Waals surface area contributed by atoms with E-state index in [0.717, 1.165) is 45.4 Å². The highest BCUT2D eigenvalue weighted by Crippen LogP contribution is 2.43. The minimum absolute atomic E-state index is 0.141. The van der Waals surface area contributed by atoms with E-state index in [1.807, 2.05) is 4.90 Å². The predicted molar refractivity (Wildman–Crippen MR) is 77.6 cm³/mol. The van der Waals surface area contributed by atoms with Crippen molar-refractivity contribution in [3.05, 3.63) is 0 Å². The van der Waals surface area contributed by atoms with E-state index >= 15 is 0 Å². The maximum absolute atomic E-state index is 12.6. The SMILES string of the molecule is CC1(C)CCCC1C(=O)N1CCN(CC(N)=NO)CC1. The van der Waals surface area contributed by atoms with E-state index in [4.69, 9.17) is 10.9 Å². The van der Waals surface area contributed by atoms with Crippen LogP contribution in [0.25, 0.3) is 0 Å². The van der Waals surface area contributed by atoms with E-state index in [2.05, 4.69) is 23.9 Å². The number of carbonyl (C=O) groups is 1. The van der Waals surface area contributed by atoms with Crippen molar-refractivity contribution in [3.63, 3.8) is 0 Å². The van der Waals surface area contributed by atoms with Crippen molar-refractivity contribution in [2.45, 2.75) is 33.1 Å². The largest absolute Gasteiger partial charge is 0.409 e. The molecule has 1 saturated carbocycles. The molecule has 2 rings (SSSR count). The highest BCUT2D eigenvalue weighted by molar-refractivity contribution is 5.82. The van der Waals surface area contributed by atoms with Crippen LogP contribution >= 0.6 is 0 Å². The third-order valence-electron chi connectivity index (χ3n) is 4.75. The molecule has 0 spiro atoms. The molecule has 6 heteroatoms. The fourth-order valence-corrected chi connectivity index (χ4v) is 3.39. The third-order valence-corrected chi connectivity index (χ3v) is 4.75. The molecule has 2 fully saturated rings. The van der Waals surface area contributed by atoms with E-state index in [1.165, 1.54) is 0 Å². The lowest BCUT2D eigenvalue weighted by molar-refractivity contribution is -0.140. The lowest BCUT2D eigenvalue weighted by Gasteiger charge is -2.38. The van der Waals surface area contributed by atoms with Gasteiger partial charge in [0.25, 0.3) is 0 Å². The Bertz CT molecular complexity index is 387. The predicted octanol–water partition coefficient (Wildman–Crippen LogP) is 0.703. The number of nitrogens with two attached hydrogens (primary N) is 1. The number of piperazine rings is 1. The number of rotatable bonds is 3. The maximum Gasteiger partial charge on any atom is 0.226 e. The number of amides is 1. The molecule has 1 aliphatic carbocycles. The Morgan fingerprint density at radius 2 is 2.00 bits per heavy atom. The molecule has 2 aliphatic rings. The van der Waals surface area contributed by atoms with E-state index in [0.29, 0.717) is 12.5 Å². The molecule has 0 aromatic heterocycles. The highest BCUT2D eigenvalue weighted by atomic mass is 16.4. The van der Waals surface area contributed by atoms with Crippen LogP contribution in [-0.2, 0) is 4.79 Å². The first-order valence-electron chi connectivity index (χ1n) is 7.41. The minimum atomic E-state index is 0.141. The second kappa shape index (κ2) is 5.99. The molecule has 1 saturated heterocycles. The van der Waals surface area contributed by atoms with Crippen LogP contribution in [0.1, 0.15) is 33.1 Å². The molecule has 114 valence electrons. The smallest absolute Gasteiger partial charge is 0.226 e. The van der Waals surface area contributed by atoms with Crippen LogP contribution in [0, 0.1) is 11.3 Å². The molecule has 1 aliphatic heterocycles. The Labute approximate surface area is 120 Å². The quantitative estimate of drug-likeness (QED) is 0.345. The molecule has 1 atom stereocenters. The summed E-state index contributed by atoms with van der Waals surface area (Å²) in [6, 6.07) is 0. The third kappa shape index (κ3) is 3.23. The van der Waals surface area contributed by atoms with Gasteiger partial charge in [0.1, 0.15) is 0 Å². The topological polar surface area (TPSA) is 82.2 Å². The standard InChI is InChI=1S/C14H26N4O2/c1-14(2)5-3-4-11(14)13(19)18-8-6-17(7-9-18)10-12(15)16-20/h11,20H,3-10H2,1-2H3,(H2,15,16). The van der Waals surface area contributed by atoms with E-state index in [9.17, 15) is 4.79 Å². The Morgan fingerprint density at radius 1 is 1.35 bits per heavy atom. The van der Waals surface area contributed by atoms with Crippen LogP contribution in [0.2, 0.25) is 0 Å². The van der Waals surface area contributed by atoms with Gasteiger partial charge in [0, 0.05) is 32.1 Å². The summed E-state index contributed by atoms with van der Waals surface area (Å²) in [5.41, 5.74) is 5.65. The molecule has 20 heavy (non-hydrogen) atoms. The van der Waals surface area contributed by atoms with Gasteiger partial charge in [0.05, 0.1) is 6.54 Å². The Hall–Kier alpha value is -1.30. The van der Waals surface area contributed by atoms with Gasteiger partial charge >= 0.3 is 0 Å². The molecule has 0 aromatic carbocycles. The number of amidine groups is 1. The van der Waals surface area contributed by atoms with Crippen molar-refractivity contribution < 1.29 is 10.0 Å². The van der Waals surface area contributed by atoms with Crippen LogP contribution in [0.4, 0.5) is 0 Å². The Kier molecular flexibility index (Phi) is 4.52. The van der Waals surface area contributed by atoms with Gasteiger partial charge in [-0.05, 0) is 18.3 Å². The Balaban J connectivity index is 1.86. The summed E-state index contributed by atoms with van der Waals surface area (Å²) in [6.45, 7) is 7.93. The van der Waals surface area contributed by atoms with Gasteiger partial charge in [0.2, 0.25) is 5.91 Å². The normalized spacial score (nSPS) is 27.8. The zero-order valence-corrected chi connectivity index (χ0v) is 12.5. The summed E-state index contributed by atoms with van der Waals surface area (Å²) in [5, 5.41) is 11.6. The van der Waals surface area contributed by atoms with E-state index in [1.54, 1.807) is 0 Å². The summed E-state index contributed by atoms with van der Waals surface area (Å²) >= 11 is 0. The average molecular weight is 282 g/mol. The molecule has 1 heterocycles. The van der Waals surface area contributed by atoms with Gasteiger partial charge < -0.3 is 15.8 Å². The molecule has 0 aromatic rings. The van der Waals surface area contributed by atoms with E-state index in [-0.39, 0.29) is 17.2 Å². The van der Waals surface area contributed by atoms with Gasteiger partial charge in [-0.2, -0.15) is 0 Å². The second-order valence-corrected chi connectivity index (χ2v) is 6.63. The molecule has 3 N–H and O–H groups in total. The first kappa shape index (κ1) is 15.1. The molecule has 1 unspecified atom stereocenters. The van der Waals surface area contributed by atoms with Crippen molar-refractivity contribution in [3.8, 4) is 0 Å². The number of hydrogen-bond donors (Lipinski definition) is 2. The molecular weight excluding hydrogens is 256 g/mol. The van der Waals surface area contributed by atoms with Gasteiger partial charge in [-0.1, -0.05) is 25.4 Å². The zero-order chi connectivity index (χ0) is 14.8. The summed E-state index contributed by atoms with van der Waals surface area (Å²) in [4.78, 5) is 16.7. The van der Waals surface area contributed by atoms with Crippen molar-refractivity contribution in [1.29, 1.82) is 0 Å². The first-order valence-corrected chi connectivity index (χ1v) is 7.41. The van der Waals surface area contributed by atoms with Crippen LogP contribution in [0.3, 0.4) is 0 Å². The molecular formula is C14H26N4O2. The lowest BCUT2D eigenvalue weighted by Crippen LogP contribution is -2.52. The van der Waals surface area contributed by atoms with E-state index < -0.39 is 0 Å². The van der Waals surface area contributed by atoms with Gasteiger partial charge in [-0.15, -0.1) is 0 Å². The monoisotopic (exact) mass is 282 g/mol. The van der Waals surface area contributed by atoms with Gasteiger partial charge in [-0.3, -0.25) is 9.69 Å². The summed E-state index contributed by atoms with van der Waals surface area (Å²) < 4.78 is 0. The van der Waals surface area contributed by atoms with Crippen molar-refractivity contribution in [2.75, 3.05) is 32.7 Å². The fraction of sp³-hybridized carbons (Fsp3) is 0.857. The van der Waals surface area contributed by atoms with Crippen LogP contribution in [0.5, 0.6) is 0 Å². The second-order valence-electron chi connectivity index (χ2n) is 6.63. The number of oxime groups is 1. The van der Waals surface area contributed by atoms with Gasteiger partial charge in [0.15, 0.2) is 5.84 Å². The fourth-order valence-electron chi connectivity index (χ4n) is 3.39. The molecule has 0 radical (unpaired) electrons. The Morgan fingerprint density at radius 3 is 2.50 bits per heavy atom. The molecule has 0 bridgehead atoms. The zero-order valence-electron chi connectivity index (χ0n) is 12.5. The van der Waals surface area contributed by atoms with Crippen molar-refractivity contribution in [1.82, 2.24) is 9.80 Å². The van der Waals surface area contributed by atoms with Crippen LogP contribution < -0.4 is 5.73 Å². The maximum atomic E-state index is 12.6. The number of hydrogen-bond acceptors (Lipinski definition) is 4. The van der Waals surface area contributed by atoms with Crippen molar-refractivity contribution in [2.24, 2.45) is 22.2 Å². The number of nitrogens with zero attached hydrogens (tertiary/aromatic N) is 3. The van der Waals surface area contributed by atoms with Crippen LogP contribution in [-0.4, -0.2) is 59.5 Å². The molecule has 1 amide bonds. The van der Waals surface area contributed by atoms with Gasteiger partial charge in [-0.25, -0.2) is 0 Å².